The molecule has 2 fully saturated rings. The van der Waals surface area contributed by atoms with Crippen LogP contribution in [-0.2, 0) is 14.3 Å². The van der Waals surface area contributed by atoms with Crippen molar-refractivity contribution in [2.45, 2.75) is 39.8 Å². The molecule has 0 aliphatic carbocycles. The third-order valence-corrected chi connectivity index (χ3v) is 9.00. The quantitative estimate of drug-likeness (QED) is 0.317. The zero-order valence-electron chi connectivity index (χ0n) is 25.2. The van der Waals surface area contributed by atoms with Crippen LogP contribution < -0.4 is 5.32 Å². The molecular weight excluding hydrogens is 585 g/mol. The third-order valence-electron chi connectivity index (χ3n) is 8.22. The summed E-state index contributed by atoms with van der Waals surface area (Å²) in [7, 11) is 0. The molecule has 2 aromatic rings. The summed E-state index contributed by atoms with van der Waals surface area (Å²) in [5.41, 5.74) is 0.919. The molecular formula is C31H36FN7O4S. The van der Waals surface area contributed by atoms with Crippen LogP contribution in [0.25, 0.3) is 0 Å². The van der Waals surface area contributed by atoms with E-state index in [1.54, 1.807) is 46.0 Å². The second-order valence-electron chi connectivity index (χ2n) is 11.7. The number of allylic oxidation sites excluding steroid dienone is 1. The summed E-state index contributed by atoms with van der Waals surface area (Å²) in [5.74, 6) is -0.577. The van der Waals surface area contributed by atoms with E-state index in [9.17, 15) is 24.3 Å². The molecule has 3 aliphatic rings. The third kappa shape index (κ3) is 6.18. The Hall–Kier alpha value is -4.28. The molecule has 0 radical (unpaired) electrons. The van der Waals surface area contributed by atoms with Gasteiger partial charge in [0.1, 0.15) is 17.7 Å². The van der Waals surface area contributed by atoms with E-state index in [0.717, 1.165) is 5.82 Å². The zero-order chi connectivity index (χ0) is 31.6. The average molecular weight is 622 g/mol. The lowest BCUT2D eigenvalue weighted by Crippen LogP contribution is -2.52. The minimum absolute atomic E-state index is 0.0107. The Morgan fingerprint density at radius 3 is 2.80 bits per heavy atom. The maximum Gasteiger partial charge on any atom is 0.338 e. The fourth-order valence-electron chi connectivity index (χ4n) is 5.96. The standard InChI is InChI=1S/C31H36FN7O4S/c1-5-43-29(40)25-23(35-27(28-34-11-14-44-28)36-26(25)21-7-6-8-22(32)19(21)2)17-37-12-13-39-20(15-37)16-38(24(39)9-10-33)18-31(3,4)30(41)42/h6-9,11,14,20,26H,5,12-13,15-18H2,1-4H3,(H,35,36)(H,41,42)/b24-9-/t20?,26-/m0/s1. The van der Waals surface area contributed by atoms with Crippen LogP contribution in [0.2, 0.25) is 0 Å². The van der Waals surface area contributed by atoms with Gasteiger partial charge < -0.3 is 25.0 Å². The summed E-state index contributed by atoms with van der Waals surface area (Å²) < 4.78 is 20.3. The maximum absolute atomic E-state index is 14.8. The van der Waals surface area contributed by atoms with Gasteiger partial charge in [-0.1, -0.05) is 12.1 Å². The summed E-state index contributed by atoms with van der Waals surface area (Å²) in [6.45, 7) is 10.0. The van der Waals surface area contributed by atoms with Gasteiger partial charge in [-0.3, -0.25) is 14.7 Å². The molecule has 0 saturated carbocycles. The predicted octanol–water partition coefficient (Wildman–Crippen LogP) is 3.28. The van der Waals surface area contributed by atoms with E-state index in [1.165, 1.54) is 23.5 Å². The molecule has 0 amide bonds. The van der Waals surface area contributed by atoms with Crippen molar-refractivity contribution in [2.24, 2.45) is 10.4 Å². The number of nitrogens with one attached hydrogen (secondary N) is 1. The number of esters is 1. The lowest BCUT2D eigenvalue weighted by Gasteiger charge is -2.39. The van der Waals surface area contributed by atoms with Crippen molar-refractivity contribution >= 4 is 29.1 Å². The predicted molar refractivity (Wildman–Crippen MR) is 163 cm³/mol. The molecule has 13 heteroatoms. The van der Waals surface area contributed by atoms with Crippen molar-refractivity contribution in [3.05, 3.63) is 74.9 Å². The Kier molecular flexibility index (Phi) is 9.03. The molecule has 2 saturated heterocycles. The number of aromatic nitrogens is 1. The van der Waals surface area contributed by atoms with Gasteiger partial charge >= 0.3 is 11.9 Å². The highest BCUT2D eigenvalue weighted by Gasteiger charge is 2.42. The van der Waals surface area contributed by atoms with E-state index in [4.69, 9.17) is 9.73 Å². The number of thiazole rings is 1. The topological polar surface area (TPSA) is 134 Å². The average Bonchev–Trinajstić information content (AvgIpc) is 3.63. The number of hydrogen-bond donors (Lipinski definition) is 2. The van der Waals surface area contributed by atoms with Crippen molar-refractivity contribution in [1.29, 1.82) is 5.26 Å². The number of amidine groups is 1. The van der Waals surface area contributed by atoms with Crippen LogP contribution in [0.5, 0.6) is 0 Å². The second-order valence-corrected chi connectivity index (χ2v) is 12.6. The number of nitrogens with zero attached hydrogens (tertiary/aromatic N) is 6. The monoisotopic (exact) mass is 621 g/mol. The largest absolute Gasteiger partial charge is 0.481 e. The van der Waals surface area contributed by atoms with Gasteiger partial charge in [0, 0.05) is 56.5 Å². The first-order valence-corrected chi connectivity index (χ1v) is 15.4. The summed E-state index contributed by atoms with van der Waals surface area (Å²) in [5, 5.41) is 25.1. The van der Waals surface area contributed by atoms with Gasteiger partial charge in [-0.25, -0.2) is 14.2 Å². The van der Waals surface area contributed by atoms with Crippen LogP contribution in [0.3, 0.4) is 0 Å². The van der Waals surface area contributed by atoms with Crippen molar-refractivity contribution < 1.29 is 23.8 Å². The number of nitriles is 1. The number of carbonyl (C=O) groups is 2. The van der Waals surface area contributed by atoms with E-state index in [-0.39, 0.29) is 25.0 Å². The van der Waals surface area contributed by atoms with Gasteiger partial charge in [-0.05, 0) is 44.9 Å². The van der Waals surface area contributed by atoms with Crippen molar-refractivity contribution in [3.63, 3.8) is 0 Å². The minimum Gasteiger partial charge on any atom is -0.481 e. The highest BCUT2D eigenvalue weighted by atomic mass is 32.1. The van der Waals surface area contributed by atoms with Gasteiger partial charge in [0.15, 0.2) is 10.8 Å². The summed E-state index contributed by atoms with van der Waals surface area (Å²) in [6, 6.07) is 6.11. The first-order chi connectivity index (χ1) is 21.0. The Balaban J connectivity index is 1.47. The van der Waals surface area contributed by atoms with E-state index < -0.39 is 23.4 Å². The Morgan fingerprint density at radius 1 is 1.32 bits per heavy atom. The number of aliphatic carboxylic acids is 1. The maximum atomic E-state index is 14.8. The normalized spacial score (nSPS) is 21.5. The first kappa shape index (κ1) is 31.2. The number of carbonyl (C=O) groups excluding carboxylic acids is 1. The van der Waals surface area contributed by atoms with Crippen LogP contribution in [0.4, 0.5) is 4.39 Å². The lowest BCUT2D eigenvalue weighted by atomic mass is 9.92. The van der Waals surface area contributed by atoms with E-state index in [1.807, 2.05) is 10.3 Å². The van der Waals surface area contributed by atoms with E-state index in [2.05, 4.69) is 26.2 Å². The molecule has 11 nitrogen and oxygen atoms in total. The summed E-state index contributed by atoms with van der Waals surface area (Å²) in [4.78, 5) is 41.1. The van der Waals surface area contributed by atoms with Crippen molar-refractivity contribution in [2.75, 3.05) is 45.9 Å². The van der Waals surface area contributed by atoms with E-state index in [0.29, 0.717) is 66.0 Å². The molecule has 3 aliphatic heterocycles. The van der Waals surface area contributed by atoms with Crippen LogP contribution in [-0.4, -0.2) is 94.5 Å². The Morgan fingerprint density at radius 2 is 2.11 bits per heavy atom. The lowest BCUT2D eigenvalue weighted by molar-refractivity contribution is -0.147. The highest BCUT2D eigenvalue weighted by molar-refractivity contribution is 7.11. The van der Waals surface area contributed by atoms with Crippen LogP contribution in [0.15, 0.2) is 57.9 Å². The molecule has 0 bridgehead atoms. The first-order valence-electron chi connectivity index (χ1n) is 14.5. The molecule has 0 spiro atoms. The number of carboxylic acids is 1. The molecule has 1 unspecified atom stereocenters. The number of ether oxygens (including phenoxy) is 1. The van der Waals surface area contributed by atoms with E-state index >= 15 is 0 Å². The summed E-state index contributed by atoms with van der Waals surface area (Å²) in [6.07, 6.45) is 3.17. The molecule has 4 heterocycles. The minimum atomic E-state index is -0.996. The molecule has 5 rings (SSSR count). The molecule has 2 N–H and O–H groups in total. The van der Waals surface area contributed by atoms with Gasteiger partial charge in [0.25, 0.3) is 0 Å². The number of rotatable bonds is 9. The number of hydrogen-bond acceptors (Lipinski definition) is 11. The number of piperazine rings is 1. The highest BCUT2D eigenvalue weighted by Crippen LogP contribution is 2.36. The fourth-order valence-corrected chi connectivity index (χ4v) is 6.55. The molecule has 44 heavy (non-hydrogen) atoms. The van der Waals surface area contributed by atoms with Crippen molar-refractivity contribution in [3.8, 4) is 6.07 Å². The molecule has 1 aromatic carbocycles. The molecule has 2 atom stereocenters. The van der Waals surface area contributed by atoms with Crippen LogP contribution in [0, 0.1) is 29.5 Å². The number of aliphatic imine (C=N–C) groups is 1. The van der Waals surface area contributed by atoms with Gasteiger partial charge in [0.05, 0.1) is 35.8 Å². The zero-order valence-corrected chi connectivity index (χ0v) is 26.0. The van der Waals surface area contributed by atoms with Crippen LogP contribution in [0.1, 0.15) is 42.9 Å². The Bertz CT molecular complexity index is 1560. The number of fused-ring (bicyclic) bond motifs is 1. The van der Waals surface area contributed by atoms with Crippen molar-refractivity contribution in [1.82, 2.24) is 25.0 Å². The smallest absolute Gasteiger partial charge is 0.338 e. The van der Waals surface area contributed by atoms with Crippen LogP contribution >= 0.6 is 11.3 Å². The Labute approximate surface area is 259 Å². The van der Waals surface area contributed by atoms with Gasteiger partial charge in [-0.2, -0.15) is 5.26 Å². The number of carboxylic acid groups (broad SMARTS) is 1. The fraction of sp³-hybridized carbons (Fsp3) is 0.452. The van der Waals surface area contributed by atoms with Gasteiger partial charge in [-0.15, -0.1) is 11.3 Å². The molecule has 1 aromatic heterocycles. The number of benzene rings is 1. The summed E-state index contributed by atoms with van der Waals surface area (Å²) >= 11 is 1.41. The van der Waals surface area contributed by atoms with Gasteiger partial charge in [0.2, 0.25) is 0 Å². The SMILES string of the molecule is CCOC(=O)C1=C(CN2CCN3/C(=C\C#N)N(CC(C)(C)C(=O)O)CC3C2)NC(c2nccs2)=N[C@H]1c1cccc(F)c1C. The second kappa shape index (κ2) is 12.8. The molecule has 232 valence electrons. The number of halogens is 1.